The van der Waals surface area contributed by atoms with E-state index in [2.05, 4.69) is 4.72 Å². The van der Waals surface area contributed by atoms with E-state index < -0.39 is 10.2 Å². The van der Waals surface area contributed by atoms with E-state index in [1.54, 1.807) is 6.07 Å². The van der Waals surface area contributed by atoms with Gasteiger partial charge in [0.2, 0.25) is 0 Å². The number of benzene rings is 1. The van der Waals surface area contributed by atoms with Crippen molar-refractivity contribution in [3.8, 4) is 0 Å². The van der Waals surface area contributed by atoms with Gasteiger partial charge in [-0.1, -0.05) is 6.07 Å². The molecule has 1 aliphatic rings. The van der Waals surface area contributed by atoms with Crippen LogP contribution in [0.25, 0.3) is 0 Å². The van der Waals surface area contributed by atoms with Gasteiger partial charge >= 0.3 is 0 Å². The minimum absolute atomic E-state index is 0.252. The number of hydrogen-bond donors (Lipinski definition) is 1. The van der Waals surface area contributed by atoms with Gasteiger partial charge in [0, 0.05) is 20.1 Å². The summed E-state index contributed by atoms with van der Waals surface area (Å²) in [5.74, 6) is -0.278. The fourth-order valence-electron chi connectivity index (χ4n) is 1.99. The first-order valence-electron chi connectivity index (χ1n) is 5.38. The number of aryl methyl sites for hydroxylation is 1. The lowest BCUT2D eigenvalue weighted by Gasteiger charge is -2.18. The highest BCUT2D eigenvalue weighted by Gasteiger charge is 2.27. The number of hydrogen-bond acceptors (Lipinski definition) is 2. The van der Waals surface area contributed by atoms with Crippen LogP contribution in [0.2, 0.25) is 0 Å². The standard InChI is InChI=1S/C11H15FN2O2S/c1-14(2)17(15,16)13-11-6-3-8-7-9(12)4-5-10(8)11/h4-5,7,11,13H,3,6H2,1-2H3/t11-/m1/s1. The third-order valence-electron chi connectivity index (χ3n) is 2.95. The van der Waals surface area contributed by atoms with Gasteiger partial charge in [0.25, 0.3) is 10.2 Å². The van der Waals surface area contributed by atoms with Crippen molar-refractivity contribution in [3.05, 3.63) is 35.1 Å². The van der Waals surface area contributed by atoms with Crippen LogP contribution >= 0.6 is 0 Å². The van der Waals surface area contributed by atoms with E-state index in [-0.39, 0.29) is 11.9 Å². The molecule has 0 bridgehead atoms. The predicted molar refractivity (Wildman–Crippen MR) is 63.2 cm³/mol. The van der Waals surface area contributed by atoms with Crippen molar-refractivity contribution in [2.75, 3.05) is 14.1 Å². The molecule has 0 amide bonds. The molecule has 1 aromatic carbocycles. The smallest absolute Gasteiger partial charge is 0.207 e. The molecule has 1 aromatic rings. The molecule has 0 saturated heterocycles. The third-order valence-corrected chi connectivity index (χ3v) is 4.50. The molecule has 94 valence electrons. The van der Waals surface area contributed by atoms with Gasteiger partial charge in [-0.3, -0.25) is 0 Å². The van der Waals surface area contributed by atoms with Gasteiger partial charge in [-0.2, -0.15) is 17.4 Å². The average molecular weight is 258 g/mol. The number of nitrogens with zero attached hydrogens (tertiary/aromatic N) is 1. The molecule has 1 N–H and O–H groups in total. The van der Waals surface area contributed by atoms with Crippen molar-refractivity contribution >= 4 is 10.2 Å². The largest absolute Gasteiger partial charge is 0.279 e. The molecule has 2 rings (SSSR count). The second kappa shape index (κ2) is 4.36. The number of fused-ring (bicyclic) bond motifs is 1. The zero-order valence-corrected chi connectivity index (χ0v) is 10.6. The van der Waals surface area contributed by atoms with E-state index >= 15 is 0 Å². The van der Waals surface area contributed by atoms with Crippen LogP contribution in [0.1, 0.15) is 23.6 Å². The van der Waals surface area contributed by atoms with Crippen molar-refractivity contribution in [1.29, 1.82) is 0 Å². The highest BCUT2D eigenvalue weighted by Crippen LogP contribution is 2.32. The van der Waals surface area contributed by atoms with Gasteiger partial charge in [0.15, 0.2) is 0 Å². The van der Waals surface area contributed by atoms with Crippen molar-refractivity contribution in [2.45, 2.75) is 18.9 Å². The molecule has 0 aliphatic heterocycles. The molecule has 0 spiro atoms. The summed E-state index contributed by atoms with van der Waals surface area (Å²) in [5, 5.41) is 0. The lowest BCUT2D eigenvalue weighted by molar-refractivity contribution is 0.487. The van der Waals surface area contributed by atoms with Gasteiger partial charge < -0.3 is 0 Å². The summed E-state index contributed by atoms with van der Waals surface area (Å²) in [6.07, 6.45) is 1.37. The summed E-state index contributed by atoms with van der Waals surface area (Å²) in [4.78, 5) is 0. The molecule has 0 heterocycles. The molecule has 17 heavy (non-hydrogen) atoms. The van der Waals surface area contributed by atoms with Crippen molar-refractivity contribution < 1.29 is 12.8 Å². The molecule has 0 unspecified atom stereocenters. The highest BCUT2D eigenvalue weighted by atomic mass is 32.2. The number of rotatable bonds is 3. The van der Waals surface area contributed by atoms with E-state index in [9.17, 15) is 12.8 Å². The van der Waals surface area contributed by atoms with Crippen LogP contribution in [0.4, 0.5) is 4.39 Å². The Hall–Kier alpha value is -0.980. The molecular weight excluding hydrogens is 243 g/mol. The Labute approximate surface area is 101 Å². The summed E-state index contributed by atoms with van der Waals surface area (Å²) < 4.78 is 40.2. The monoisotopic (exact) mass is 258 g/mol. The van der Waals surface area contributed by atoms with Crippen LogP contribution in [-0.2, 0) is 16.6 Å². The number of nitrogens with one attached hydrogen (secondary N) is 1. The maximum absolute atomic E-state index is 13.0. The summed E-state index contributed by atoms with van der Waals surface area (Å²) in [7, 11) is -0.495. The summed E-state index contributed by atoms with van der Waals surface area (Å²) in [5.41, 5.74) is 1.76. The SMILES string of the molecule is CN(C)S(=O)(=O)N[C@@H]1CCc2cc(F)ccc21. The van der Waals surface area contributed by atoms with Gasteiger partial charge in [0.1, 0.15) is 5.82 Å². The molecule has 0 radical (unpaired) electrons. The maximum Gasteiger partial charge on any atom is 0.279 e. The first kappa shape index (κ1) is 12.5. The molecule has 0 fully saturated rings. The van der Waals surface area contributed by atoms with E-state index in [0.29, 0.717) is 12.8 Å². The topological polar surface area (TPSA) is 49.4 Å². The molecule has 1 atom stereocenters. The molecule has 0 aromatic heterocycles. The molecule has 4 nitrogen and oxygen atoms in total. The normalized spacial score (nSPS) is 19.6. The first-order chi connectivity index (χ1) is 7.90. The fraction of sp³-hybridized carbons (Fsp3) is 0.455. The van der Waals surface area contributed by atoms with Gasteiger partial charge in [0.05, 0.1) is 0 Å². The Bertz CT molecular complexity index is 528. The van der Waals surface area contributed by atoms with E-state index in [4.69, 9.17) is 0 Å². The second-order valence-corrected chi connectivity index (χ2v) is 6.26. The van der Waals surface area contributed by atoms with Crippen LogP contribution in [0.3, 0.4) is 0 Å². The summed E-state index contributed by atoms with van der Waals surface area (Å²) in [6.45, 7) is 0. The van der Waals surface area contributed by atoms with Crippen LogP contribution in [0.15, 0.2) is 18.2 Å². The third kappa shape index (κ3) is 2.48. The lowest BCUT2D eigenvalue weighted by atomic mass is 10.1. The zero-order chi connectivity index (χ0) is 12.6. The minimum Gasteiger partial charge on any atom is -0.207 e. The van der Waals surface area contributed by atoms with Crippen LogP contribution in [0, 0.1) is 5.82 Å². The van der Waals surface area contributed by atoms with E-state index in [0.717, 1.165) is 15.4 Å². The minimum atomic E-state index is -3.44. The van der Waals surface area contributed by atoms with Gasteiger partial charge in [-0.15, -0.1) is 0 Å². The van der Waals surface area contributed by atoms with E-state index in [1.165, 1.54) is 26.2 Å². The van der Waals surface area contributed by atoms with Crippen LogP contribution < -0.4 is 4.72 Å². The Morgan fingerprint density at radius 2 is 2.12 bits per heavy atom. The average Bonchev–Trinajstić information content (AvgIpc) is 2.60. The lowest BCUT2D eigenvalue weighted by Crippen LogP contribution is -2.37. The van der Waals surface area contributed by atoms with Gasteiger partial charge in [-0.05, 0) is 36.1 Å². The second-order valence-electron chi connectivity index (χ2n) is 4.34. The highest BCUT2D eigenvalue weighted by molar-refractivity contribution is 7.87. The zero-order valence-electron chi connectivity index (χ0n) is 9.77. The summed E-state index contributed by atoms with van der Waals surface area (Å²) >= 11 is 0. The molecular formula is C11H15FN2O2S. The van der Waals surface area contributed by atoms with Gasteiger partial charge in [-0.25, -0.2) is 4.39 Å². The fourth-order valence-corrected chi connectivity index (χ4v) is 2.81. The van der Waals surface area contributed by atoms with Crippen molar-refractivity contribution in [2.24, 2.45) is 0 Å². The Morgan fingerprint density at radius 3 is 2.76 bits per heavy atom. The molecule has 0 saturated carbocycles. The molecule has 1 aliphatic carbocycles. The first-order valence-corrected chi connectivity index (χ1v) is 6.82. The summed E-state index contributed by atoms with van der Waals surface area (Å²) in [6, 6.07) is 4.24. The Balaban J connectivity index is 2.24. The maximum atomic E-state index is 13.0. The van der Waals surface area contributed by atoms with Crippen molar-refractivity contribution in [1.82, 2.24) is 9.03 Å². The number of halogens is 1. The Kier molecular flexibility index (Phi) is 3.20. The molecule has 6 heteroatoms. The quantitative estimate of drug-likeness (QED) is 0.886. The Morgan fingerprint density at radius 1 is 1.41 bits per heavy atom. The van der Waals surface area contributed by atoms with Crippen LogP contribution in [-0.4, -0.2) is 26.8 Å². The van der Waals surface area contributed by atoms with Crippen LogP contribution in [0.5, 0.6) is 0 Å². The van der Waals surface area contributed by atoms with E-state index in [1.807, 2.05) is 0 Å². The predicted octanol–water partition coefficient (Wildman–Crippen LogP) is 1.21. The van der Waals surface area contributed by atoms with Crippen molar-refractivity contribution in [3.63, 3.8) is 0 Å².